The van der Waals surface area contributed by atoms with Gasteiger partial charge in [-0.15, -0.1) is 17.0 Å². The predicted octanol–water partition coefficient (Wildman–Crippen LogP) is 1.40. The minimum Gasteiger partial charge on any atom is -0.356 e. The summed E-state index contributed by atoms with van der Waals surface area (Å²) in [5.74, 6) is -0.263. The highest BCUT2D eigenvalue weighted by molar-refractivity contribution is 8.93. The van der Waals surface area contributed by atoms with E-state index in [9.17, 15) is 13.2 Å². The Morgan fingerprint density at radius 2 is 2.00 bits per heavy atom. The Morgan fingerprint density at radius 1 is 1.46 bits per heavy atom. The lowest BCUT2D eigenvalue weighted by molar-refractivity contribution is -0.190. The molecule has 1 aliphatic rings. The van der Waals surface area contributed by atoms with E-state index in [1.807, 2.05) is 0 Å². The topological polar surface area (TPSA) is 47.9 Å². The van der Waals surface area contributed by atoms with Crippen LogP contribution in [-0.2, 0) is 0 Å². The molecule has 0 radical (unpaired) electrons. The predicted molar refractivity (Wildman–Crippen MR) is 48.3 cm³/mol. The minimum atomic E-state index is -4.30. The van der Waals surface area contributed by atoms with Gasteiger partial charge >= 0.3 is 6.18 Å². The first-order valence-electron chi connectivity index (χ1n) is 3.52. The van der Waals surface area contributed by atoms with Crippen LogP contribution in [0.5, 0.6) is 0 Å². The van der Waals surface area contributed by atoms with Gasteiger partial charge in [0.25, 0.3) is 0 Å². The van der Waals surface area contributed by atoms with Gasteiger partial charge in [-0.25, -0.2) is 0 Å². The maximum atomic E-state index is 12.3. The van der Waals surface area contributed by atoms with E-state index < -0.39 is 11.7 Å². The van der Waals surface area contributed by atoms with E-state index in [0.29, 0.717) is 0 Å². The van der Waals surface area contributed by atoms with Crippen LogP contribution in [0.2, 0.25) is 0 Å². The molecular formula is C6H11BrF3N3. The molecule has 13 heavy (non-hydrogen) atoms. The quantitative estimate of drug-likeness (QED) is 0.618. The van der Waals surface area contributed by atoms with Crippen molar-refractivity contribution >= 4 is 22.9 Å². The molecule has 1 rings (SSSR count). The molecule has 0 aliphatic carbocycles. The number of guanidine groups is 1. The van der Waals surface area contributed by atoms with Gasteiger partial charge in [-0.05, 0) is 13.3 Å². The third-order valence-electron chi connectivity index (χ3n) is 1.95. The average molecular weight is 262 g/mol. The molecule has 1 aliphatic heterocycles. The molecule has 3 N–H and O–H groups in total. The lowest BCUT2D eigenvalue weighted by atomic mass is 9.95. The SMILES string of the molecule is Br.C[C@]1(C(F)(F)F)CCNC(=N)N1. The molecule has 1 atom stereocenters. The van der Waals surface area contributed by atoms with Crippen LogP contribution in [0, 0.1) is 5.41 Å². The summed E-state index contributed by atoms with van der Waals surface area (Å²) in [6.45, 7) is 1.24. The number of hydrogen-bond donors (Lipinski definition) is 3. The van der Waals surface area contributed by atoms with Crippen molar-refractivity contribution in [2.45, 2.75) is 25.1 Å². The number of rotatable bonds is 0. The third-order valence-corrected chi connectivity index (χ3v) is 1.95. The number of nitrogens with one attached hydrogen (secondary N) is 3. The second-order valence-electron chi connectivity index (χ2n) is 3.01. The van der Waals surface area contributed by atoms with Crippen molar-refractivity contribution in [3.63, 3.8) is 0 Å². The van der Waals surface area contributed by atoms with E-state index in [4.69, 9.17) is 5.41 Å². The van der Waals surface area contributed by atoms with E-state index in [0.717, 1.165) is 6.92 Å². The van der Waals surface area contributed by atoms with E-state index in [2.05, 4.69) is 10.6 Å². The molecule has 1 heterocycles. The maximum Gasteiger partial charge on any atom is 0.411 e. The smallest absolute Gasteiger partial charge is 0.356 e. The number of halogens is 4. The van der Waals surface area contributed by atoms with Gasteiger partial charge in [-0.3, -0.25) is 5.41 Å². The van der Waals surface area contributed by atoms with Gasteiger partial charge in [0.05, 0.1) is 0 Å². The Morgan fingerprint density at radius 3 is 2.31 bits per heavy atom. The summed E-state index contributed by atoms with van der Waals surface area (Å²) < 4.78 is 36.9. The van der Waals surface area contributed by atoms with Crippen LogP contribution < -0.4 is 10.6 Å². The summed E-state index contributed by atoms with van der Waals surface area (Å²) in [6, 6.07) is 0. The van der Waals surface area contributed by atoms with Gasteiger partial charge in [-0.2, -0.15) is 13.2 Å². The van der Waals surface area contributed by atoms with Crippen molar-refractivity contribution in [2.75, 3.05) is 6.54 Å². The van der Waals surface area contributed by atoms with Gasteiger partial charge in [0, 0.05) is 6.54 Å². The summed E-state index contributed by atoms with van der Waals surface area (Å²) >= 11 is 0. The monoisotopic (exact) mass is 261 g/mol. The Bertz CT molecular complexity index is 206. The zero-order valence-electron chi connectivity index (χ0n) is 6.96. The van der Waals surface area contributed by atoms with Gasteiger partial charge in [0.2, 0.25) is 0 Å². The van der Waals surface area contributed by atoms with E-state index in [1.165, 1.54) is 0 Å². The molecule has 0 spiro atoms. The van der Waals surface area contributed by atoms with Crippen molar-refractivity contribution in [2.24, 2.45) is 0 Å². The lowest BCUT2D eigenvalue weighted by Crippen LogP contribution is -2.64. The summed E-state index contributed by atoms with van der Waals surface area (Å²) in [6.07, 6.45) is -4.36. The second kappa shape index (κ2) is 3.73. The third kappa shape index (κ3) is 2.49. The molecule has 3 nitrogen and oxygen atoms in total. The normalized spacial score (nSPS) is 28.5. The summed E-state index contributed by atoms with van der Waals surface area (Å²) in [7, 11) is 0. The molecule has 78 valence electrons. The van der Waals surface area contributed by atoms with E-state index in [1.54, 1.807) is 0 Å². The molecule has 0 aromatic heterocycles. The van der Waals surface area contributed by atoms with Crippen molar-refractivity contribution in [1.29, 1.82) is 5.41 Å². The first kappa shape index (κ1) is 12.5. The van der Waals surface area contributed by atoms with Crippen LogP contribution in [0.25, 0.3) is 0 Å². The van der Waals surface area contributed by atoms with Crippen LogP contribution in [0.3, 0.4) is 0 Å². The summed E-state index contributed by atoms with van der Waals surface area (Å²) in [4.78, 5) is 0. The van der Waals surface area contributed by atoms with Crippen LogP contribution in [-0.4, -0.2) is 24.2 Å². The largest absolute Gasteiger partial charge is 0.411 e. The Kier molecular flexibility index (Phi) is 3.60. The molecule has 7 heteroatoms. The molecule has 1 fully saturated rings. The first-order chi connectivity index (χ1) is 5.35. The van der Waals surface area contributed by atoms with Crippen LogP contribution in [0.4, 0.5) is 13.2 Å². The van der Waals surface area contributed by atoms with Gasteiger partial charge in [-0.1, -0.05) is 0 Å². The van der Waals surface area contributed by atoms with Crippen molar-refractivity contribution in [3.8, 4) is 0 Å². The van der Waals surface area contributed by atoms with Gasteiger partial charge < -0.3 is 10.6 Å². The first-order valence-corrected chi connectivity index (χ1v) is 3.52. The Balaban J connectivity index is 0.00000144. The van der Waals surface area contributed by atoms with Crippen molar-refractivity contribution in [3.05, 3.63) is 0 Å². The fourth-order valence-electron chi connectivity index (χ4n) is 1.03. The summed E-state index contributed by atoms with van der Waals surface area (Å²) in [5, 5.41) is 11.6. The number of alkyl halides is 3. The molecule has 0 unspecified atom stereocenters. The molecule has 0 saturated carbocycles. The molecule has 0 bridgehead atoms. The Labute approximate surface area is 84.4 Å². The standard InChI is InChI=1S/C6H10F3N3.BrH/c1-5(6(7,8)9)2-3-11-4(10)12-5;/h2-3H2,1H3,(H3,10,11,12);1H/t5-;/m1./s1. The lowest BCUT2D eigenvalue weighted by Gasteiger charge is -2.37. The van der Waals surface area contributed by atoms with Crippen LogP contribution >= 0.6 is 17.0 Å². The maximum absolute atomic E-state index is 12.3. The van der Waals surface area contributed by atoms with Crippen LogP contribution in [0.1, 0.15) is 13.3 Å². The van der Waals surface area contributed by atoms with Crippen LogP contribution in [0.15, 0.2) is 0 Å². The fraction of sp³-hybridized carbons (Fsp3) is 0.833. The van der Waals surface area contributed by atoms with Gasteiger partial charge in [0.1, 0.15) is 5.54 Å². The summed E-state index contributed by atoms with van der Waals surface area (Å²) in [5.41, 5.74) is -1.95. The molecule has 0 aromatic carbocycles. The van der Waals surface area contributed by atoms with E-state index >= 15 is 0 Å². The highest BCUT2D eigenvalue weighted by Gasteiger charge is 2.52. The average Bonchev–Trinajstić information content (AvgIpc) is 1.83. The highest BCUT2D eigenvalue weighted by atomic mass is 79.9. The number of hydrogen-bond acceptors (Lipinski definition) is 1. The van der Waals surface area contributed by atoms with Crippen molar-refractivity contribution in [1.82, 2.24) is 10.6 Å². The molecule has 0 amide bonds. The molecular weight excluding hydrogens is 251 g/mol. The van der Waals surface area contributed by atoms with Gasteiger partial charge in [0.15, 0.2) is 5.96 Å². The fourth-order valence-corrected chi connectivity index (χ4v) is 1.03. The zero-order valence-corrected chi connectivity index (χ0v) is 8.67. The molecule has 1 saturated heterocycles. The minimum absolute atomic E-state index is 0. The zero-order chi connectivity index (χ0) is 9.41. The molecule has 0 aromatic rings. The second-order valence-corrected chi connectivity index (χ2v) is 3.01. The Hall–Kier alpha value is -0.460. The highest BCUT2D eigenvalue weighted by Crippen LogP contribution is 2.33. The van der Waals surface area contributed by atoms with Crippen molar-refractivity contribution < 1.29 is 13.2 Å². The van der Waals surface area contributed by atoms with E-state index in [-0.39, 0.29) is 35.9 Å².